The van der Waals surface area contributed by atoms with Crippen molar-refractivity contribution in [3.8, 4) is 11.5 Å². The van der Waals surface area contributed by atoms with E-state index in [1.165, 1.54) is 12.0 Å². The summed E-state index contributed by atoms with van der Waals surface area (Å²) in [5.74, 6) is 1.68. The number of ether oxygens (including phenoxy) is 2. The molecular formula is C21H28N2O3. The van der Waals surface area contributed by atoms with E-state index >= 15 is 0 Å². The lowest BCUT2D eigenvalue weighted by Gasteiger charge is -2.35. The van der Waals surface area contributed by atoms with Gasteiger partial charge >= 0.3 is 0 Å². The van der Waals surface area contributed by atoms with Crippen LogP contribution >= 0.6 is 0 Å². The molecule has 0 spiro atoms. The fraction of sp³-hybridized carbons (Fsp3) is 0.429. The van der Waals surface area contributed by atoms with Crippen molar-refractivity contribution in [1.82, 2.24) is 4.90 Å². The van der Waals surface area contributed by atoms with Crippen molar-refractivity contribution in [2.45, 2.75) is 19.1 Å². The third kappa shape index (κ3) is 4.90. The maximum Gasteiger partial charge on any atom is 0.119 e. The van der Waals surface area contributed by atoms with Gasteiger partial charge in [0, 0.05) is 25.3 Å². The fourth-order valence-electron chi connectivity index (χ4n) is 3.18. The summed E-state index contributed by atoms with van der Waals surface area (Å²) in [5.41, 5.74) is 2.25. The highest BCUT2D eigenvalue weighted by Gasteiger charge is 2.20. The van der Waals surface area contributed by atoms with Gasteiger partial charge in [0.1, 0.15) is 11.5 Å². The first-order chi connectivity index (χ1) is 12.7. The number of methoxy groups -OCH3 is 2. The van der Waals surface area contributed by atoms with Crippen LogP contribution in [0.15, 0.2) is 48.5 Å². The monoisotopic (exact) mass is 356 g/mol. The molecule has 26 heavy (non-hydrogen) atoms. The van der Waals surface area contributed by atoms with E-state index in [0.29, 0.717) is 6.54 Å². The molecule has 1 aliphatic rings. The highest BCUT2D eigenvalue weighted by Crippen LogP contribution is 2.23. The van der Waals surface area contributed by atoms with E-state index in [0.717, 1.165) is 43.4 Å². The van der Waals surface area contributed by atoms with Crippen LogP contribution in [0.3, 0.4) is 0 Å². The van der Waals surface area contributed by atoms with Crippen molar-refractivity contribution >= 4 is 5.69 Å². The molecular weight excluding hydrogens is 328 g/mol. The number of β-amino-alcohol motifs (C(OH)–C–C–N with tert-alkyl or cyclic N) is 1. The van der Waals surface area contributed by atoms with Gasteiger partial charge in [-0.1, -0.05) is 12.1 Å². The van der Waals surface area contributed by atoms with Crippen LogP contribution in [0.4, 0.5) is 5.69 Å². The Balaban J connectivity index is 1.72. The lowest BCUT2D eigenvalue weighted by Crippen LogP contribution is -2.45. The normalized spacial score (nSPS) is 15.2. The van der Waals surface area contributed by atoms with Crippen molar-refractivity contribution in [3.63, 3.8) is 0 Å². The zero-order valence-corrected chi connectivity index (χ0v) is 15.6. The molecule has 5 heteroatoms. The number of nitrogens with zero attached hydrogens (tertiary/aromatic N) is 2. The third-order valence-electron chi connectivity index (χ3n) is 4.82. The van der Waals surface area contributed by atoms with E-state index < -0.39 is 0 Å². The largest absolute Gasteiger partial charge is 0.497 e. The average molecular weight is 356 g/mol. The number of hydrogen-bond donors (Lipinski definition) is 1. The number of benzene rings is 2. The van der Waals surface area contributed by atoms with Gasteiger partial charge in [0.2, 0.25) is 0 Å². The van der Waals surface area contributed by atoms with E-state index in [4.69, 9.17) is 9.47 Å². The Kier molecular flexibility index (Phi) is 6.36. The minimum atomic E-state index is -0.379. The fourth-order valence-corrected chi connectivity index (χ4v) is 3.18. The summed E-state index contributed by atoms with van der Waals surface area (Å²) in [5, 5.41) is 10.5. The first-order valence-corrected chi connectivity index (χ1v) is 9.10. The maximum absolute atomic E-state index is 10.5. The lowest BCUT2D eigenvalue weighted by molar-refractivity contribution is 0.0823. The molecule has 1 aliphatic heterocycles. The number of hydrogen-bond acceptors (Lipinski definition) is 5. The second-order valence-corrected chi connectivity index (χ2v) is 6.73. The molecule has 140 valence electrons. The Morgan fingerprint density at radius 2 is 1.54 bits per heavy atom. The second kappa shape index (κ2) is 8.92. The van der Waals surface area contributed by atoms with Crippen molar-refractivity contribution < 1.29 is 14.6 Å². The molecule has 1 unspecified atom stereocenters. The van der Waals surface area contributed by atoms with Crippen molar-refractivity contribution in [3.05, 3.63) is 54.1 Å². The molecule has 1 fully saturated rings. The molecule has 0 bridgehead atoms. The minimum Gasteiger partial charge on any atom is -0.497 e. The molecule has 0 radical (unpaired) electrons. The Hall–Kier alpha value is -2.24. The van der Waals surface area contributed by atoms with Crippen LogP contribution in [0.25, 0.3) is 0 Å². The van der Waals surface area contributed by atoms with Crippen LogP contribution in [0, 0.1) is 0 Å². The maximum atomic E-state index is 10.5. The van der Waals surface area contributed by atoms with Crippen LogP contribution in [-0.2, 0) is 6.54 Å². The molecule has 5 nitrogen and oxygen atoms in total. The summed E-state index contributed by atoms with van der Waals surface area (Å²) in [6, 6.07) is 16.1. The molecule has 0 aliphatic carbocycles. The first-order valence-electron chi connectivity index (χ1n) is 9.10. The minimum absolute atomic E-state index is 0.379. The second-order valence-electron chi connectivity index (χ2n) is 6.73. The van der Waals surface area contributed by atoms with Crippen LogP contribution in [-0.4, -0.2) is 56.5 Å². The number of rotatable bonds is 9. The molecule has 3 rings (SSSR count). The highest BCUT2D eigenvalue weighted by molar-refractivity contribution is 5.50. The summed E-state index contributed by atoms with van der Waals surface area (Å²) in [7, 11) is 3.34. The Morgan fingerprint density at radius 1 is 0.962 bits per heavy atom. The van der Waals surface area contributed by atoms with Gasteiger partial charge in [0.15, 0.2) is 0 Å². The summed E-state index contributed by atoms with van der Waals surface area (Å²) < 4.78 is 10.5. The van der Waals surface area contributed by atoms with Gasteiger partial charge in [-0.2, -0.15) is 0 Å². The van der Waals surface area contributed by atoms with Crippen molar-refractivity contribution in [2.75, 3.05) is 45.3 Å². The molecule has 2 aromatic rings. The molecule has 1 saturated heterocycles. The van der Waals surface area contributed by atoms with E-state index in [1.54, 1.807) is 14.2 Å². The average Bonchev–Trinajstić information content (AvgIpc) is 2.65. The van der Waals surface area contributed by atoms with Gasteiger partial charge in [-0.05, 0) is 61.5 Å². The Morgan fingerprint density at radius 3 is 2.04 bits per heavy atom. The zero-order chi connectivity index (χ0) is 18.4. The summed E-state index contributed by atoms with van der Waals surface area (Å²) >= 11 is 0. The van der Waals surface area contributed by atoms with Crippen molar-refractivity contribution in [1.29, 1.82) is 0 Å². The smallest absolute Gasteiger partial charge is 0.119 e. The van der Waals surface area contributed by atoms with Gasteiger partial charge in [-0.25, -0.2) is 0 Å². The van der Waals surface area contributed by atoms with E-state index in [1.807, 2.05) is 36.4 Å². The van der Waals surface area contributed by atoms with Gasteiger partial charge in [-0.3, -0.25) is 0 Å². The molecule has 1 atom stereocenters. The standard InChI is InChI=1S/C21H28N2O3/c1-25-20-8-4-17(5-9-20)14-23(16-19(24)15-22-12-3-13-22)18-6-10-21(26-2)11-7-18/h4-11,19,24H,3,12-16H2,1-2H3. The van der Waals surface area contributed by atoms with Gasteiger partial charge in [0.05, 0.1) is 20.3 Å². The number of anilines is 1. The van der Waals surface area contributed by atoms with Crippen molar-refractivity contribution in [2.24, 2.45) is 0 Å². The van der Waals surface area contributed by atoms with E-state index in [2.05, 4.69) is 21.9 Å². The summed E-state index contributed by atoms with van der Waals surface area (Å²) in [4.78, 5) is 4.51. The molecule has 1 heterocycles. The predicted octanol–water partition coefficient (Wildman–Crippen LogP) is 2.78. The van der Waals surface area contributed by atoms with Crippen LogP contribution < -0.4 is 14.4 Å². The van der Waals surface area contributed by atoms with Crippen LogP contribution in [0.1, 0.15) is 12.0 Å². The molecule has 0 amide bonds. The third-order valence-corrected chi connectivity index (χ3v) is 4.82. The highest BCUT2D eigenvalue weighted by atomic mass is 16.5. The molecule has 2 aromatic carbocycles. The Labute approximate surface area is 155 Å². The summed E-state index contributed by atoms with van der Waals surface area (Å²) in [6.07, 6.45) is 0.858. The van der Waals surface area contributed by atoms with E-state index in [9.17, 15) is 5.11 Å². The lowest BCUT2D eigenvalue weighted by atomic mass is 10.1. The SMILES string of the molecule is COc1ccc(CN(CC(O)CN2CCC2)c2ccc(OC)cc2)cc1. The quantitative estimate of drug-likeness (QED) is 0.749. The number of aliphatic hydroxyl groups is 1. The van der Waals surface area contributed by atoms with Crippen LogP contribution in [0.2, 0.25) is 0 Å². The van der Waals surface area contributed by atoms with E-state index in [-0.39, 0.29) is 6.10 Å². The van der Waals surface area contributed by atoms with Gasteiger partial charge < -0.3 is 24.4 Å². The molecule has 0 aromatic heterocycles. The predicted molar refractivity (Wildman–Crippen MR) is 104 cm³/mol. The topological polar surface area (TPSA) is 45.2 Å². The zero-order valence-electron chi connectivity index (χ0n) is 15.6. The number of likely N-dealkylation sites (tertiary alicyclic amines) is 1. The summed E-state index contributed by atoms with van der Waals surface area (Å²) in [6.45, 7) is 4.24. The van der Waals surface area contributed by atoms with Crippen LogP contribution in [0.5, 0.6) is 11.5 Å². The van der Waals surface area contributed by atoms with Gasteiger partial charge in [-0.15, -0.1) is 0 Å². The number of aliphatic hydroxyl groups excluding tert-OH is 1. The molecule has 1 N–H and O–H groups in total. The van der Waals surface area contributed by atoms with Gasteiger partial charge in [0.25, 0.3) is 0 Å². The molecule has 0 saturated carbocycles. The Bertz CT molecular complexity index is 669. The first kappa shape index (κ1) is 18.5.